The largest absolute Gasteiger partial charge is 0.348 e. The lowest BCUT2D eigenvalue weighted by molar-refractivity contribution is 0.341. The fraction of sp³-hybridized carbons (Fsp3) is 0.688. The van der Waals surface area contributed by atoms with Gasteiger partial charge in [0.15, 0.2) is 0 Å². The Morgan fingerprint density at radius 3 is 2.94 bits per heavy atom. The number of aromatic amines is 1. The van der Waals surface area contributed by atoms with E-state index in [9.17, 15) is 0 Å². The van der Waals surface area contributed by atoms with Crippen molar-refractivity contribution in [1.82, 2.24) is 9.97 Å². The Balaban J connectivity index is 1.35. The van der Waals surface area contributed by atoms with Crippen molar-refractivity contribution in [1.29, 1.82) is 0 Å². The second-order valence-electron chi connectivity index (χ2n) is 6.02. The Kier molecular flexibility index (Phi) is 3.82. The highest BCUT2D eigenvalue weighted by Gasteiger charge is 2.36. The summed E-state index contributed by atoms with van der Waals surface area (Å²) in [7, 11) is 0. The molecule has 1 aromatic rings. The van der Waals surface area contributed by atoms with Crippen molar-refractivity contribution in [3.05, 3.63) is 30.4 Å². The highest BCUT2D eigenvalue weighted by atomic mass is 14.9. The molecule has 0 aromatic carbocycles. The van der Waals surface area contributed by atoms with Gasteiger partial charge in [0, 0.05) is 17.8 Å². The molecule has 1 heterocycles. The highest BCUT2D eigenvalue weighted by molar-refractivity contribution is 5.19. The maximum absolute atomic E-state index is 4.10. The monoisotopic (exact) mass is 244 g/mol. The van der Waals surface area contributed by atoms with Crippen molar-refractivity contribution >= 4 is 0 Å². The van der Waals surface area contributed by atoms with Crippen molar-refractivity contribution in [2.24, 2.45) is 11.8 Å². The second kappa shape index (κ2) is 5.73. The molecule has 0 radical (unpaired) electrons. The normalized spacial score (nSPS) is 28.9. The molecule has 2 unspecified atom stereocenters. The van der Waals surface area contributed by atoms with Gasteiger partial charge >= 0.3 is 0 Å². The number of H-pyrrole nitrogens is 1. The number of nitrogens with one attached hydrogen (secondary N) is 1. The molecule has 2 aliphatic rings. The lowest BCUT2D eigenvalue weighted by Crippen LogP contribution is -2.05. The molecule has 2 atom stereocenters. The molecule has 0 amide bonds. The molecule has 3 rings (SSSR count). The van der Waals surface area contributed by atoms with Crippen molar-refractivity contribution in [2.45, 2.75) is 57.3 Å². The number of rotatable bonds is 5. The first kappa shape index (κ1) is 12.0. The van der Waals surface area contributed by atoms with Crippen LogP contribution in [0.3, 0.4) is 0 Å². The number of imidazole rings is 1. The van der Waals surface area contributed by atoms with E-state index in [1.807, 2.05) is 6.20 Å². The third kappa shape index (κ3) is 3.04. The molecule has 98 valence electrons. The van der Waals surface area contributed by atoms with Gasteiger partial charge in [-0.1, -0.05) is 44.3 Å². The van der Waals surface area contributed by atoms with E-state index in [0.29, 0.717) is 0 Å². The predicted octanol–water partition coefficient (Wildman–Crippen LogP) is 4.43. The van der Waals surface area contributed by atoms with E-state index >= 15 is 0 Å². The van der Waals surface area contributed by atoms with E-state index in [4.69, 9.17) is 0 Å². The van der Waals surface area contributed by atoms with E-state index in [1.165, 1.54) is 57.1 Å². The average molecular weight is 244 g/mol. The van der Waals surface area contributed by atoms with Gasteiger partial charge in [0.1, 0.15) is 0 Å². The van der Waals surface area contributed by atoms with Gasteiger partial charge in [-0.3, -0.25) is 0 Å². The van der Waals surface area contributed by atoms with Crippen LogP contribution in [0.15, 0.2) is 24.7 Å². The fourth-order valence-corrected chi connectivity index (χ4v) is 3.33. The van der Waals surface area contributed by atoms with Gasteiger partial charge in [0.2, 0.25) is 0 Å². The average Bonchev–Trinajstić information content (AvgIpc) is 2.98. The summed E-state index contributed by atoms with van der Waals surface area (Å²) in [5.41, 5.74) is 1.32. The minimum atomic E-state index is 0.721. The van der Waals surface area contributed by atoms with Gasteiger partial charge in [-0.2, -0.15) is 0 Å². The van der Waals surface area contributed by atoms with E-state index in [0.717, 1.165) is 17.8 Å². The zero-order chi connectivity index (χ0) is 12.2. The van der Waals surface area contributed by atoms with Crippen LogP contribution in [0.25, 0.3) is 0 Å². The summed E-state index contributed by atoms with van der Waals surface area (Å²) in [5, 5.41) is 0. The van der Waals surface area contributed by atoms with Crippen molar-refractivity contribution < 1.29 is 0 Å². The van der Waals surface area contributed by atoms with E-state index in [1.54, 1.807) is 6.33 Å². The predicted molar refractivity (Wildman–Crippen MR) is 74.4 cm³/mol. The third-order valence-electron chi connectivity index (χ3n) is 4.61. The number of hydrogen-bond acceptors (Lipinski definition) is 1. The molecule has 2 fully saturated rings. The minimum absolute atomic E-state index is 0.721. The maximum atomic E-state index is 4.10. The summed E-state index contributed by atoms with van der Waals surface area (Å²) < 4.78 is 0. The maximum Gasteiger partial charge on any atom is 0.0921 e. The van der Waals surface area contributed by atoms with Crippen LogP contribution < -0.4 is 0 Å². The summed E-state index contributed by atoms with van der Waals surface area (Å²) in [6.07, 6.45) is 20.0. The van der Waals surface area contributed by atoms with Crippen molar-refractivity contribution in [2.75, 3.05) is 0 Å². The first-order valence-electron chi connectivity index (χ1n) is 7.58. The second-order valence-corrected chi connectivity index (χ2v) is 6.02. The molecular formula is C16H24N2. The van der Waals surface area contributed by atoms with Crippen LogP contribution in [0.1, 0.15) is 63.0 Å². The smallest absolute Gasteiger partial charge is 0.0921 e. The lowest BCUT2D eigenvalue weighted by atomic mass is 9.86. The SMILES string of the molecule is C(=CC1CC1c1cnc[nH]1)CCC1CCCCC1. The molecule has 18 heavy (non-hydrogen) atoms. The lowest BCUT2D eigenvalue weighted by Gasteiger charge is -2.20. The fourth-order valence-electron chi connectivity index (χ4n) is 3.33. The van der Waals surface area contributed by atoms with Crippen LogP contribution in [-0.2, 0) is 0 Å². The van der Waals surface area contributed by atoms with Crippen molar-refractivity contribution in [3.63, 3.8) is 0 Å². The summed E-state index contributed by atoms with van der Waals surface area (Å²) >= 11 is 0. The number of nitrogens with zero attached hydrogens (tertiary/aromatic N) is 1. The zero-order valence-electron chi connectivity index (χ0n) is 11.1. The third-order valence-corrected chi connectivity index (χ3v) is 4.61. The standard InChI is InChI=1S/C16H24N2/c1-2-6-13(7-3-1)8-4-5-9-14-10-15(14)16-11-17-12-18-16/h5,9,11-15H,1-4,6-8,10H2,(H,17,18). The number of allylic oxidation sites excluding steroid dienone is 2. The van der Waals surface area contributed by atoms with Crippen LogP contribution in [0.4, 0.5) is 0 Å². The van der Waals surface area contributed by atoms with E-state index in [-0.39, 0.29) is 0 Å². The Morgan fingerprint density at radius 1 is 1.28 bits per heavy atom. The quantitative estimate of drug-likeness (QED) is 0.763. The molecule has 2 heteroatoms. The molecule has 1 aromatic heterocycles. The molecular weight excluding hydrogens is 220 g/mol. The summed E-state index contributed by atoms with van der Waals surface area (Å²) in [6.45, 7) is 0. The zero-order valence-corrected chi connectivity index (χ0v) is 11.1. The van der Waals surface area contributed by atoms with Gasteiger partial charge in [-0.15, -0.1) is 0 Å². The first-order valence-corrected chi connectivity index (χ1v) is 7.58. The Labute approximate surface area is 110 Å². The van der Waals surface area contributed by atoms with Crippen LogP contribution in [0.5, 0.6) is 0 Å². The topological polar surface area (TPSA) is 28.7 Å². The summed E-state index contributed by atoms with van der Waals surface area (Å²) in [6, 6.07) is 0. The van der Waals surface area contributed by atoms with E-state index in [2.05, 4.69) is 22.1 Å². The number of hydrogen-bond donors (Lipinski definition) is 1. The Bertz CT molecular complexity index is 374. The van der Waals surface area contributed by atoms with Gasteiger partial charge in [-0.25, -0.2) is 4.98 Å². The van der Waals surface area contributed by atoms with Crippen LogP contribution in [-0.4, -0.2) is 9.97 Å². The van der Waals surface area contributed by atoms with Gasteiger partial charge in [0.05, 0.1) is 6.33 Å². The summed E-state index contributed by atoms with van der Waals surface area (Å²) in [5.74, 6) is 2.52. The molecule has 2 saturated carbocycles. The molecule has 1 N–H and O–H groups in total. The highest BCUT2D eigenvalue weighted by Crippen LogP contribution is 2.47. The molecule has 0 spiro atoms. The number of aromatic nitrogens is 2. The molecule has 0 bridgehead atoms. The van der Waals surface area contributed by atoms with Gasteiger partial charge < -0.3 is 4.98 Å². The van der Waals surface area contributed by atoms with E-state index < -0.39 is 0 Å². The van der Waals surface area contributed by atoms with Gasteiger partial charge in [-0.05, 0) is 31.1 Å². The van der Waals surface area contributed by atoms with Gasteiger partial charge in [0.25, 0.3) is 0 Å². The molecule has 0 aliphatic heterocycles. The summed E-state index contributed by atoms with van der Waals surface area (Å²) in [4.78, 5) is 7.32. The van der Waals surface area contributed by atoms with Crippen molar-refractivity contribution in [3.8, 4) is 0 Å². The molecule has 2 nitrogen and oxygen atoms in total. The van der Waals surface area contributed by atoms with Crippen LogP contribution >= 0.6 is 0 Å². The van der Waals surface area contributed by atoms with Crippen LogP contribution in [0.2, 0.25) is 0 Å². The van der Waals surface area contributed by atoms with Crippen LogP contribution in [0, 0.1) is 11.8 Å². The minimum Gasteiger partial charge on any atom is -0.348 e. The Hall–Kier alpha value is -1.05. The Morgan fingerprint density at radius 2 is 2.17 bits per heavy atom. The first-order chi connectivity index (χ1) is 8.93. The molecule has 2 aliphatic carbocycles. The molecule has 0 saturated heterocycles.